The standard InChI is InChI=1S/C47H51NO13/c1-25-31(59-43(56)37(52)36(28-16-10-7-11-17-28)48-41(54)29-18-12-8-13-19-29)23-47(57)40(60-42(55)30-20-14-9-15-21-30)38-45(6,39(53)34(26(2)49)35(25)44(47,4)5)32(51)22-33-46(38,24-58-33)61-27(3)50/h7-21,31-34,36-38,40,51-52,57H,22-24H2,1-6H3,(H,48,54)/t31?,32-,33?,34+,36-,37+,38-,40-,45?,46-,47+/m0/s1. The summed E-state index contributed by atoms with van der Waals surface area (Å²) in [6, 6.07) is 23.1. The summed E-state index contributed by atoms with van der Waals surface area (Å²) in [6.45, 7) is 8.23. The fraction of sp³-hybridized carbons (Fsp3) is 0.447. The van der Waals surface area contributed by atoms with Crippen LogP contribution in [0.1, 0.15) is 86.7 Å². The van der Waals surface area contributed by atoms with Gasteiger partial charge in [0.1, 0.15) is 29.7 Å². The molecule has 11 atom stereocenters. The highest BCUT2D eigenvalue weighted by Crippen LogP contribution is 2.65. The molecule has 2 bridgehead atoms. The number of fused-ring (bicyclic) bond motifs is 5. The van der Waals surface area contributed by atoms with Crippen molar-refractivity contribution in [3.8, 4) is 0 Å². The fourth-order valence-electron chi connectivity index (χ4n) is 10.4. The van der Waals surface area contributed by atoms with Crippen LogP contribution >= 0.6 is 0 Å². The Bertz CT molecular complexity index is 2260. The molecule has 3 aromatic carbocycles. The minimum Gasteiger partial charge on any atom is -0.456 e. The lowest BCUT2D eigenvalue weighted by Crippen LogP contribution is -2.81. The number of carbonyl (C=O) groups is 6. The largest absolute Gasteiger partial charge is 0.456 e. The van der Waals surface area contributed by atoms with E-state index in [0.717, 1.165) is 6.92 Å². The van der Waals surface area contributed by atoms with E-state index in [1.807, 2.05) is 0 Å². The maximum Gasteiger partial charge on any atom is 0.338 e. The van der Waals surface area contributed by atoms with Gasteiger partial charge in [0.15, 0.2) is 17.5 Å². The predicted molar refractivity (Wildman–Crippen MR) is 216 cm³/mol. The monoisotopic (exact) mass is 837 g/mol. The number of hydrogen-bond acceptors (Lipinski definition) is 13. The number of Topliss-reactive ketones (excluding diaryl/α,β-unsaturated/α-hetero) is 2. The molecule has 4 N–H and O–H groups in total. The molecule has 1 aliphatic heterocycles. The molecule has 3 aliphatic carbocycles. The first-order chi connectivity index (χ1) is 28.8. The number of nitrogens with one attached hydrogen (secondary N) is 1. The summed E-state index contributed by atoms with van der Waals surface area (Å²) in [6.07, 6.45) is -8.50. The second-order valence-electron chi connectivity index (χ2n) is 17.4. The lowest BCUT2D eigenvalue weighted by atomic mass is 9.43. The van der Waals surface area contributed by atoms with Crippen molar-refractivity contribution in [2.24, 2.45) is 22.7 Å². The summed E-state index contributed by atoms with van der Waals surface area (Å²) in [5.74, 6) is -8.05. The first kappa shape index (κ1) is 43.5. The number of ether oxygens (including phenoxy) is 4. The van der Waals surface area contributed by atoms with E-state index in [2.05, 4.69) is 5.32 Å². The van der Waals surface area contributed by atoms with Crippen LogP contribution in [0.3, 0.4) is 0 Å². The van der Waals surface area contributed by atoms with Gasteiger partial charge < -0.3 is 39.6 Å². The smallest absolute Gasteiger partial charge is 0.338 e. The van der Waals surface area contributed by atoms with Gasteiger partial charge in [-0.1, -0.05) is 80.6 Å². The first-order valence-electron chi connectivity index (χ1n) is 20.3. The van der Waals surface area contributed by atoms with Gasteiger partial charge in [-0.2, -0.15) is 0 Å². The van der Waals surface area contributed by atoms with E-state index in [0.29, 0.717) is 5.56 Å². The number of ketones is 2. The highest BCUT2D eigenvalue weighted by atomic mass is 16.6. The lowest BCUT2D eigenvalue weighted by molar-refractivity contribution is -0.345. The third-order valence-electron chi connectivity index (χ3n) is 13.7. The van der Waals surface area contributed by atoms with Crippen LogP contribution < -0.4 is 5.32 Å². The zero-order chi connectivity index (χ0) is 44.2. The minimum atomic E-state index is -2.35. The van der Waals surface area contributed by atoms with E-state index in [4.69, 9.17) is 18.9 Å². The van der Waals surface area contributed by atoms with E-state index >= 15 is 4.79 Å². The van der Waals surface area contributed by atoms with Gasteiger partial charge in [-0.25, -0.2) is 9.59 Å². The molecule has 14 nitrogen and oxygen atoms in total. The van der Waals surface area contributed by atoms with Crippen molar-refractivity contribution in [3.63, 3.8) is 0 Å². The van der Waals surface area contributed by atoms with Crippen molar-refractivity contribution in [1.29, 1.82) is 0 Å². The van der Waals surface area contributed by atoms with Crippen molar-refractivity contribution in [2.45, 2.75) is 102 Å². The van der Waals surface area contributed by atoms with E-state index in [9.17, 15) is 39.3 Å². The van der Waals surface area contributed by atoms with Gasteiger partial charge in [-0.15, -0.1) is 0 Å². The SMILES string of the molecule is CC(=O)O[C@@]12COC1C[C@H](O)C1(C)C(=O)[C@H](C(C)=O)C3=C(C)C(OC(=O)[C@H](O)[C@@H](NC(=O)c4ccccc4)c4ccccc4)C[C@@](O)([C@@H](OC(=O)c4ccccc4)[C@@H]12)C3(C)C. The molecule has 1 amide bonds. The molecule has 3 aromatic rings. The molecule has 2 saturated carbocycles. The second-order valence-corrected chi connectivity index (χ2v) is 17.4. The van der Waals surface area contributed by atoms with Crippen LogP contribution in [0.2, 0.25) is 0 Å². The molecule has 0 radical (unpaired) electrons. The quantitative estimate of drug-likeness (QED) is 0.0986. The zero-order valence-corrected chi connectivity index (χ0v) is 34.8. The number of benzene rings is 3. The van der Waals surface area contributed by atoms with Gasteiger partial charge >= 0.3 is 17.9 Å². The zero-order valence-electron chi connectivity index (χ0n) is 34.8. The topological polar surface area (TPSA) is 212 Å². The Morgan fingerprint density at radius 2 is 1.43 bits per heavy atom. The van der Waals surface area contributed by atoms with Gasteiger partial charge in [0.25, 0.3) is 5.91 Å². The molecule has 322 valence electrons. The normalized spacial score (nSPS) is 32.2. The van der Waals surface area contributed by atoms with Crippen molar-refractivity contribution >= 4 is 35.4 Å². The Hall–Kier alpha value is -5.54. The van der Waals surface area contributed by atoms with Crippen LogP contribution in [0.5, 0.6) is 0 Å². The van der Waals surface area contributed by atoms with Crippen LogP contribution in [-0.4, -0.2) is 99.0 Å². The highest BCUT2D eigenvalue weighted by molar-refractivity contribution is 6.08. The number of carbonyl (C=O) groups excluding carboxylic acids is 6. The summed E-state index contributed by atoms with van der Waals surface area (Å²) >= 11 is 0. The first-order valence-corrected chi connectivity index (χ1v) is 20.3. The van der Waals surface area contributed by atoms with Crippen LogP contribution in [0.25, 0.3) is 0 Å². The number of esters is 3. The lowest BCUT2D eigenvalue weighted by Gasteiger charge is -2.67. The number of hydrogen-bond donors (Lipinski definition) is 4. The third-order valence-corrected chi connectivity index (χ3v) is 13.7. The Morgan fingerprint density at radius 1 is 0.852 bits per heavy atom. The molecule has 4 aliphatic rings. The molecular formula is C47H51NO13. The van der Waals surface area contributed by atoms with Gasteiger partial charge in [-0.05, 0) is 61.7 Å². The Kier molecular flexibility index (Phi) is 11.5. The van der Waals surface area contributed by atoms with Crippen molar-refractivity contribution in [1.82, 2.24) is 5.32 Å². The fourth-order valence-corrected chi connectivity index (χ4v) is 10.4. The van der Waals surface area contributed by atoms with Gasteiger partial charge in [0, 0.05) is 30.7 Å². The summed E-state index contributed by atoms with van der Waals surface area (Å²) < 4.78 is 24.4. The predicted octanol–water partition coefficient (Wildman–Crippen LogP) is 4.01. The summed E-state index contributed by atoms with van der Waals surface area (Å²) in [4.78, 5) is 84.4. The molecule has 61 heavy (non-hydrogen) atoms. The Labute approximate surface area is 353 Å². The van der Waals surface area contributed by atoms with E-state index < -0.39 is 112 Å². The van der Waals surface area contributed by atoms with Gasteiger partial charge in [0.05, 0.1) is 41.6 Å². The Morgan fingerprint density at radius 3 is 1.97 bits per heavy atom. The molecule has 14 heteroatoms. The molecular weight excluding hydrogens is 787 g/mol. The molecule has 7 rings (SSSR count). The van der Waals surface area contributed by atoms with Gasteiger partial charge in [-0.3, -0.25) is 19.2 Å². The number of aliphatic hydroxyl groups excluding tert-OH is 2. The van der Waals surface area contributed by atoms with Crippen molar-refractivity contribution in [3.05, 3.63) is 119 Å². The number of rotatable bonds is 10. The minimum absolute atomic E-state index is 0.0733. The number of aliphatic hydroxyl groups is 3. The third kappa shape index (κ3) is 7.08. The maximum absolute atomic E-state index is 15.4. The summed E-state index contributed by atoms with van der Waals surface area (Å²) in [5, 5.41) is 40.2. The molecule has 1 heterocycles. The van der Waals surface area contributed by atoms with Crippen LogP contribution in [0.4, 0.5) is 0 Å². The molecule has 3 fully saturated rings. The molecule has 0 aromatic heterocycles. The van der Waals surface area contributed by atoms with E-state index in [1.54, 1.807) is 99.6 Å². The second kappa shape index (κ2) is 16.1. The van der Waals surface area contributed by atoms with Crippen molar-refractivity contribution < 1.29 is 63.0 Å². The summed E-state index contributed by atoms with van der Waals surface area (Å²) in [5.41, 5.74) is -6.70. The maximum atomic E-state index is 15.4. The summed E-state index contributed by atoms with van der Waals surface area (Å²) in [7, 11) is 0. The number of amides is 1. The highest BCUT2D eigenvalue weighted by Gasteiger charge is 2.78. The molecule has 0 spiro atoms. The van der Waals surface area contributed by atoms with Crippen molar-refractivity contribution in [2.75, 3.05) is 6.61 Å². The average Bonchev–Trinajstić information content (AvgIpc) is 3.23. The van der Waals surface area contributed by atoms with E-state index in [1.165, 1.54) is 26.0 Å². The van der Waals surface area contributed by atoms with Gasteiger partial charge in [0.2, 0.25) is 0 Å². The Balaban J connectivity index is 1.38. The van der Waals surface area contributed by atoms with Crippen LogP contribution in [-0.2, 0) is 38.1 Å². The molecule has 3 unspecified atom stereocenters. The van der Waals surface area contributed by atoms with Crippen LogP contribution in [0.15, 0.2) is 102 Å². The van der Waals surface area contributed by atoms with Crippen LogP contribution in [0, 0.1) is 22.7 Å². The van der Waals surface area contributed by atoms with E-state index in [-0.39, 0.29) is 35.3 Å². The average molecular weight is 838 g/mol. The molecule has 1 saturated heterocycles.